The van der Waals surface area contributed by atoms with Crippen LogP contribution in [0.3, 0.4) is 0 Å². The molecule has 0 radical (unpaired) electrons. The van der Waals surface area contributed by atoms with Gasteiger partial charge in [0, 0.05) is 21.8 Å². The lowest BCUT2D eigenvalue weighted by Gasteiger charge is -2.25. The molecular formula is C49H32O. The summed E-state index contributed by atoms with van der Waals surface area (Å²) >= 11 is 0. The fourth-order valence-electron chi connectivity index (χ4n) is 9.00. The molecule has 1 aliphatic rings. The Hall–Kier alpha value is -6.18. The predicted molar refractivity (Wildman–Crippen MR) is 211 cm³/mol. The summed E-state index contributed by atoms with van der Waals surface area (Å²) in [6.45, 7) is 4.69. The second-order valence-electron chi connectivity index (χ2n) is 14.0. The number of hydrogen-bond acceptors (Lipinski definition) is 1. The molecule has 0 bridgehead atoms. The van der Waals surface area contributed by atoms with Crippen LogP contribution in [0, 0.1) is 0 Å². The van der Waals surface area contributed by atoms with Gasteiger partial charge in [-0.1, -0.05) is 165 Å². The van der Waals surface area contributed by atoms with Gasteiger partial charge < -0.3 is 4.42 Å². The fraction of sp³-hybridized carbons (Fsp3) is 0.0612. The Morgan fingerprint density at radius 2 is 1.04 bits per heavy atom. The first-order chi connectivity index (χ1) is 26.6. The summed E-state index contributed by atoms with van der Waals surface area (Å²) in [5.74, 6) is 0. The maximum atomic E-state index is 8.69. The maximum Gasteiger partial charge on any atom is 0.143 e. The van der Waals surface area contributed by atoms with Crippen LogP contribution in [0.5, 0.6) is 0 Å². The smallest absolute Gasteiger partial charge is 0.143 e. The van der Waals surface area contributed by atoms with Crippen LogP contribution < -0.4 is 0 Å². The number of fused-ring (bicyclic) bond motifs is 6. The topological polar surface area (TPSA) is 13.1 Å². The third-order valence-corrected chi connectivity index (χ3v) is 11.1. The first-order valence-corrected chi connectivity index (χ1v) is 17.1. The zero-order valence-electron chi connectivity index (χ0n) is 32.5. The summed E-state index contributed by atoms with van der Waals surface area (Å²) in [5.41, 5.74) is 11.5. The molecule has 10 aromatic rings. The Labute approximate surface area is 297 Å². The molecule has 0 spiro atoms. The van der Waals surface area contributed by atoms with E-state index in [1.165, 1.54) is 60.3 Å². The van der Waals surface area contributed by atoms with Gasteiger partial charge in [-0.3, -0.25) is 0 Å². The van der Waals surface area contributed by atoms with E-state index >= 15 is 0 Å². The number of furan rings is 1. The standard InChI is InChI=1S/C49H32O/c1-49(2)42-19-7-6-13-35(42)40-17-9-16-39(47(40)49)34-26-22-31-23-27-37-33(25-21-30-24-28-38(34)45(31)44(30)37)36-15-10-20-43-46(36)41-18-8-14-32(48(41)50-43)29-11-4-3-5-12-29/h3-28H,1-2H3/i3D,4D,5D,11D,12D. The van der Waals surface area contributed by atoms with Gasteiger partial charge in [0.05, 0.1) is 6.85 Å². The molecule has 1 aromatic heterocycles. The van der Waals surface area contributed by atoms with Crippen LogP contribution in [0.1, 0.15) is 31.8 Å². The van der Waals surface area contributed by atoms with Gasteiger partial charge in [0.1, 0.15) is 11.2 Å². The molecule has 0 unspecified atom stereocenters. The predicted octanol–water partition coefficient (Wildman–Crippen LogP) is 13.8. The molecule has 0 amide bonds. The van der Waals surface area contributed by atoms with E-state index in [2.05, 4.69) is 111 Å². The molecular weight excluding hydrogens is 605 g/mol. The summed E-state index contributed by atoms with van der Waals surface area (Å²) < 4.78 is 48.7. The quantitative estimate of drug-likeness (QED) is 0.175. The molecule has 9 aromatic carbocycles. The van der Waals surface area contributed by atoms with Crippen molar-refractivity contribution in [2.75, 3.05) is 0 Å². The number of benzene rings is 9. The van der Waals surface area contributed by atoms with E-state index in [4.69, 9.17) is 11.3 Å². The van der Waals surface area contributed by atoms with Crippen LogP contribution in [0.2, 0.25) is 0 Å². The molecule has 0 N–H and O–H groups in total. The van der Waals surface area contributed by atoms with Crippen molar-refractivity contribution in [1.29, 1.82) is 0 Å². The van der Waals surface area contributed by atoms with Crippen LogP contribution in [0.25, 0.3) is 98.8 Å². The highest BCUT2D eigenvalue weighted by Gasteiger charge is 2.37. The molecule has 1 aliphatic carbocycles. The van der Waals surface area contributed by atoms with Gasteiger partial charge in [-0.05, 0) is 88.5 Å². The number of rotatable bonds is 3. The van der Waals surface area contributed by atoms with Gasteiger partial charge in [-0.2, -0.15) is 0 Å². The minimum absolute atomic E-state index is 0.132. The first-order valence-electron chi connectivity index (χ1n) is 19.6. The van der Waals surface area contributed by atoms with Crippen LogP contribution in [-0.2, 0) is 5.41 Å². The zero-order valence-corrected chi connectivity index (χ0v) is 27.5. The minimum atomic E-state index is -0.416. The van der Waals surface area contributed by atoms with Crippen molar-refractivity contribution in [2.45, 2.75) is 19.3 Å². The molecule has 0 saturated carbocycles. The van der Waals surface area contributed by atoms with Crippen molar-refractivity contribution in [3.8, 4) is 44.5 Å². The lowest BCUT2D eigenvalue weighted by atomic mass is 9.78. The van der Waals surface area contributed by atoms with Crippen LogP contribution >= 0.6 is 0 Å². The van der Waals surface area contributed by atoms with Gasteiger partial charge in [-0.25, -0.2) is 0 Å². The molecule has 11 rings (SSSR count). The molecule has 0 atom stereocenters. The number of hydrogen-bond donors (Lipinski definition) is 0. The second kappa shape index (κ2) is 9.94. The lowest BCUT2D eigenvalue weighted by Crippen LogP contribution is -2.16. The third-order valence-electron chi connectivity index (χ3n) is 11.1. The van der Waals surface area contributed by atoms with Crippen molar-refractivity contribution in [1.82, 2.24) is 0 Å². The fourth-order valence-corrected chi connectivity index (χ4v) is 9.00. The van der Waals surface area contributed by atoms with Crippen molar-refractivity contribution in [2.24, 2.45) is 0 Å². The Morgan fingerprint density at radius 1 is 0.460 bits per heavy atom. The summed E-state index contributed by atoms with van der Waals surface area (Å²) in [7, 11) is 0. The Morgan fingerprint density at radius 3 is 1.80 bits per heavy atom. The lowest BCUT2D eigenvalue weighted by molar-refractivity contribution is 0.662. The van der Waals surface area contributed by atoms with E-state index in [0.717, 1.165) is 27.3 Å². The van der Waals surface area contributed by atoms with E-state index in [-0.39, 0.29) is 35.1 Å². The molecule has 234 valence electrons. The SMILES string of the molecule is [2H]c1c([2H])c([2H])c(-c2cccc3c2oc2cccc(-c4ccc5ccc6c(-c7cccc8c7C(C)(C)c7ccccc7-8)ccc7ccc4c5c76)c23)c([2H])c1[2H]. The van der Waals surface area contributed by atoms with Crippen LogP contribution in [-0.4, -0.2) is 0 Å². The van der Waals surface area contributed by atoms with Crippen LogP contribution in [0.15, 0.2) is 162 Å². The van der Waals surface area contributed by atoms with Gasteiger partial charge in [-0.15, -0.1) is 0 Å². The summed E-state index contributed by atoms with van der Waals surface area (Å²) in [6, 6.07) is 43.6. The second-order valence-corrected chi connectivity index (χ2v) is 14.0. The molecule has 50 heavy (non-hydrogen) atoms. The molecule has 0 fully saturated rings. The molecule has 1 heterocycles. The minimum Gasteiger partial charge on any atom is -0.455 e. The normalized spacial score (nSPS) is 15.0. The van der Waals surface area contributed by atoms with Crippen molar-refractivity contribution >= 4 is 54.3 Å². The van der Waals surface area contributed by atoms with Gasteiger partial charge >= 0.3 is 0 Å². The summed E-state index contributed by atoms with van der Waals surface area (Å²) in [5, 5.41) is 8.94. The van der Waals surface area contributed by atoms with Gasteiger partial charge in [0.2, 0.25) is 0 Å². The highest BCUT2D eigenvalue weighted by atomic mass is 16.3. The number of para-hydroxylation sites is 1. The molecule has 0 saturated heterocycles. The average molecular weight is 642 g/mol. The Balaban J connectivity index is 1.16. The molecule has 1 heteroatoms. The van der Waals surface area contributed by atoms with E-state index in [0.29, 0.717) is 16.7 Å². The van der Waals surface area contributed by atoms with Crippen molar-refractivity contribution in [3.63, 3.8) is 0 Å². The maximum absolute atomic E-state index is 8.69. The molecule has 0 aliphatic heterocycles. The summed E-state index contributed by atoms with van der Waals surface area (Å²) in [6.07, 6.45) is 0. The highest BCUT2D eigenvalue weighted by Crippen LogP contribution is 2.53. The van der Waals surface area contributed by atoms with Crippen molar-refractivity contribution in [3.05, 3.63) is 169 Å². The first kappa shape index (κ1) is 23.2. The largest absolute Gasteiger partial charge is 0.455 e. The Bertz CT molecular complexity index is 3270. The van der Waals surface area contributed by atoms with E-state index in [9.17, 15) is 0 Å². The van der Waals surface area contributed by atoms with E-state index in [1.807, 2.05) is 24.3 Å². The van der Waals surface area contributed by atoms with E-state index < -0.39 is 6.04 Å². The zero-order chi connectivity index (χ0) is 37.5. The van der Waals surface area contributed by atoms with Crippen molar-refractivity contribution < 1.29 is 11.3 Å². The third kappa shape index (κ3) is 3.62. The van der Waals surface area contributed by atoms with Gasteiger partial charge in [0.25, 0.3) is 0 Å². The Kier molecular flexibility index (Phi) is 4.61. The van der Waals surface area contributed by atoms with Crippen LogP contribution in [0.4, 0.5) is 0 Å². The van der Waals surface area contributed by atoms with E-state index in [1.54, 1.807) is 6.07 Å². The van der Waals surface area contributed by atoms with Gasteiger partial charge in [0.15, 0.2) is 0 Å². The molecule has 1 nitrogen and oxygen atoms in total. The summed E-state index contributed by atoms with van der Waals surface area (Å²) in [4.78, 5) is 0. The monoisotopic (exact) mass is 641 g/mol. The average Bonchev–Trinajstić information content (AvgIpc) is 3.71. The highest BCUT2D eigenvalue weighted by molar-refractivity contribution is 6.29.